The van der Waals surface area contributed by atoms with E-state index in [0.29, 0.717) is 68.8 Å². The summed E-state index contributed by atoms with van der Waals surface area (Å²) < 4.78 is 17.9. The van der Waals surface area contributed by atoms with E-state index in [1.54, 1.807) is 10.8 Å². The first kappa shape index (κ1) is 42.8. The van der Waals surface area contributed by atoms with Gasteiger partial charge in [-0.1, -0.05) is 27.5 Å². The Labute approximate surface area is 319 Å². The van der Waals surface area contributed by atoms with Crippen molar-refractivity contribution in [1.29, 1.82) is 0 Å². The van der Waals surface area contributed by atoms with Gasteiger partial charge in [-0.15, -0.1) is 0 Å². The van der Waals surface area contributed by atoms with Crippen LogP contribution < -0.4 is 21.2 Å². The SMILES string of the molecule is CC(=O)OCC1C=CC(OC(C)=O)C1.Nc1nc(=O)n(C2C=CC(CO)C2)cc1P.OCC1CC(O)C([Se]c2ccccc2)C1.OCC1CC2OC2C1. The van der Waals surface area contributed by atoms with Crippen molar-refractivity contribution < 1.29 is 44.2 Å². The summed E-state index contributed by atoms with van der Waals surface area (Å²) in [5, 5.41) is 37.3. The molecule has 2 saturated carbocycles. The summed E-state index contributed by atoms with van der Waals surface area (Å²) in [6, 6.07) is 10.3. The molecule has 2 aromatic rings. The number of hydrogen-bond acceptors (Lipinski definition) is 12. The van der Waals surface area contributed by atoms with Gasteiger partial charge >= 0.3 is 114 Å². The molecule has 1 aliphatic heterocycles. The van der Waals surface area contributed by atoms with Gasteiger partial charge in [0.1, 0.15) is 11.9 Å². The first-order chi connectivity index (χ1) is 25.4. The Bertz CT molecular complexity index is 1580. The fourth-order valence-corrected chi connectivity index (χ4v) is 9.69. The number of carbonyl (C=O) groups excluding carboxylic acids is 2. The van der Waals surface area contributed by atoms with Crippen molar-refractivity contribution in [2.75, 3.05) is 32.2 Å². The normalized spacial score (nSPS) is 30.2. The molecule has 10 atom stereocenters. The van der Waals surface area contributed by atoms with Crippen LogP contribution >= 0.6 is 9.24 Å². The van der Waals surface area contributed by atoms with Crippen molar-refractivity contribution in [1.82, 2.24) is 9.55 Å². The van der Waals surface area contributed by atoms with Crippen LogP contribution in [0.4, 0.5) is 5.82 Å². The summed E-state index contributed by atoms with van der Waals surface area (Å²) >= 11 is 0.338. The predicted octanol–water partition coefficient (Wildman–Crippen LogP) is 1.22. The Hall–Kier alpha value is -2.93. The van der Waals surface area contributed by atoms with Gasteiger partial charge in [0.2, 0.25) is 0 Å². The van der Waals surface area contributed by atoms with Crippen LogP contribution in [0.3, 0.4) is 0 Å². The quantitative estimate of drug-likeness (QED) is 0.0796. The first-order valence-corrected chi connectivity index (χ1v) is 20.5. The molecule has 1 aromatic carbocycles. The molecule has 6 N–H and O–H groups in total. The monoisotopic (exact) mass is 823 g/mol. The van der Waals surface area contributed by atoms with Crippen molar-refractivity contribution in [3.05, 3.63) is 71.3 Å². The van der Waals surface area contributed by atoms with Gasteiger partial charge in [0.15, 0.2) is 0 Å². The average Bonchev–Trinajstić information content (AvgIpc) is 3.61. The van der Waals surface area contributed by atoms with E-state index in [-0.39, 0.29) is 66.7 Å². The van der Waals surface area contributed by atoms with E-state index in [4.69, 9.17) is 35.3 Å². The first-order valence-electron chi connectivity index (χ1n) is 18.1. The van der Waals surface area contributed by atoms with Gasteiger partial charge in [0, 0.05) is 50.4 Å². The Balaban J connectivity index is 0.000000161. The zero-order chi connectivity index (χ0) is 38.5. The number of ether oxygens (including phenoxy) is 3. The van der Waals surface area contributed by atoms with E-state index in [2.05, 4.69) is 26.4 Å². The maximum atomic E-state index is 11.6. The molecule has 292 valence electrons. The number of nitrogens with zero attached hydrogens (tertiary/aromatic N) is 2. The molecule has 0 spiro atoms. The Morgan fingerprint density at radius 1 is 0.906 bits per heavy atom. The van der Waals surface area contributed by atoms with Crippen LogP contribution in [-0.4, -0.2) is 108 Å². The molecule has 1 aromatic heterocycles. The van der Waals surface area contributed by atoms with Gasteiger partial charge in [-0.3, -0.25) is 14.2 Å². The zero-order valence-corrected chi connectivity index (χ0v) is 33.2. The predicted molar refractivity (Wildman–Crippen MR) is 205 cm³/mol. The van der Waals surface area contributed by atoms with Gasteiger partial charge in [0.05, 0.1) is 24.9 Å². The Morgan fingerprint density at radius 2 is 1.57 bits per heavy atom. The number of aliphatic hydroxyl groups excluding tert-OH is 4. The number of epoxide rings is 1. The third-order valence-corrected chi connectivity index (χ3v) is 12.9. The van der Waals surface area contributed by atoms with Crippen LogP contribution in [0.25, 0.3) is 0 Å². The number of nitrogens with two attached hydrogens (primary N) is 1. The Morgan fingerprint density at radius 3 is 2.13 bits per heavy atom. The molecule has 5 aliphatic rings. The summed E-state index contributed by atoms with van der Waals surface area (Å²) in [7, 11) is 2.45. The van der Waals surface area contributed by atoms with E-state index in [1.165, 1.54) is 18.3 Å². The van der Waals surface area contributed by atoms with Crippen LogP contribution in [0.5, 0.6) is 0 Å². The molecule has 7 rings (SSSR count). The number of benzene rings is 1. The molecule has 13 nitrogen and oxygen atoms in total. The molecule has 53 heavy (non-hydrogen) atoms. The number of nitrogen functional groups attached to an aromatic ring is 1. The second-order valence-corrected chi connectivity index (χ2v) is 17.4. The van der Waals surface area contributed by atoms with E-state index in [1.807, 2.05) is 42.5 Å². The summed E-state index contributed by atoms with van der Waals surface area (Å²) in [4.78, 5) is 36.9. The topological polar surface area (TPSA) is 207 Å². The second kappa shape index (κ2) is 21.2. The maximum absolute atomic E-state index is 11.6. The molecule has 3 fully saturated rings. The molecule has 4 aliphatic carbocycles. The number of allylic oxidation sites excluding steroid dienone is 1. The minimum Gasteiger partial charge on any atom is -0.396 e. The Kier molecular flexibility index (Phi) is 17.2. The molecular weight excluding hydrogens is 768 g/mol. The fourth-order valence-electron chi connectivity index (χ4n) is 6.73. The number of esters is 2. The molecule has 15 heteroatoms. The van der Waals surface area contributed by atoms with Crippen molar-refractivity contribution in [2.45, 2.75) is 87.6 Å². The number of fused-ring (bicyclic) bond motifs is 1. The van der Waals surface area contributed by atoms with Crippen molar-refractivity contribution >= 4 is 51.7 Å². The third-order valence-electron chi connectivity index (χ3n) is 9.64. The average molecular weight is 823 g/mol. The van der Waals surface area contributed by atoms with Gasteiger partial charge in [0.25, 0.3) is 0 Å². The standard InChI is InChI=1S/C12H16O2Se.C10H14N3O2P.C10H14O4.C6H10O2/c13-8-9-6-11(14)12(7-9)15-10-4-2-1-3-5-10;11-9-8(16)4-13(10(15)12-9)7-2-1-6(3-7)5-14;1-7(11)13-6-9-3-4-10(5-9)14-8(2)12;7-3-4-1-5-6(2-4)8-5/h1-5,9,11-14H,6-8H2;1-2,4,6-7,14H,3,5,16H2,(H2,11,12,15);3-4,9-10H,5-6H2,1-2H3;4-7H,1-3H2. The number of rotatable bonds is 9. The third kappa shape index (κ3) is 14.0. The summed E-state index contributed by atoms with van der Waals surface area (Å²) in [6.07, 6.45) is 15.4. The van der Waals surface area contributed by atoms with E-state index in [0.717, 1.165) is 32.1 Å². The van der Waals surface area contributed by atoms with Crippen LogP contribution in [0.1, 0.15) is 58.4 Å². The van der Waals surface area contributed by atoms with Crippen LogP contribution in [0.2, 0.25) is 4.82 Å². The minimum atomic E-state index is -0.350. The summed E-state index contributed by atoms with van der Waals surface area (Å²) in [5.74, 6) is 0.842. The van der Waals surface area contributed by atoms with Crippen molar-refractivity contribution in [3.63, 3.8) is 0 Å². The maximum Gasteiger partial charge on any atom is 0.0845 e. The van der Waals surface area contributed by atoms with Gasteiger partial charge in [-0.25, -0.2) is 4.79 Å². The summed E-state index contributed by atoms with van der Waals surface area (Å²) in [5.41, 5.74) is 5.19. The molecule has 10 unspecified atom stereocenters. The molecular formula is C38H54N3O10PSe. The molecule has 0 radical (unpaired) electrons. The van der Waals surface area contributed by atoms with Crippen molar-refractivity contribution in [3.8, 4) is 0 Å². The number of anilines is 1. The van der Waals surface area contributed by atoms with Crippen LogP contribution in [0.15, 0.2) is 65.6 Å². The number of hydrogen-bond donors (Lipinski definition) is 5. The smallest absolute Gasteiger partial charge is 0.0845 e. The van der Waals surface area contributed by atoms with Crippen molar-refractivity contribution in [2.24, 2.45) is 23.7 Å². The largest absolute Gasteiger partial charge is 0.396 e. The second-order valence-electron chi connectivity index (χ2n) is 14.0. The van der Waals surface area contributed by atoms with Gasteiger partial charge in [-0.2, -0.15) is 4.98 Å². The minimum absolute atomic E-state index is 0.0305. The van der Waals surface area contributed by atoms with E-state index >= 15 is 0 Å². The molecule has 0 amide bonds. The molecule has 1 saturated heterocycles. The molecule has 2 heterocycles. The summed E-state index contributed by atoms with van der Waals surface area (Å²) in [6.45, 7) is 3.81. The number of carbonyl (C=O) groups is 2. The zero-order valence-electron chi connectivity index (χ0n) is 30.3. The van der Waals surface area contributed by atoms with Crippen LogP contribution in [-0.2, 0) is 23.8 Å². The number of aromatic nitrogens is 2. The fraction of sp³-hybridized carbons (Fsp3) is 0.579. The van der Waals surface area contributed by atoms with Gasteiger partial charge < -0.3 is 30.2 Å². The number of aliphatic hydroxyl groups is 4. The van der Waals surface area contributed by atoms with E-state index < -0.39 is 0 Å². The molecule has 0 bridgehead atoms. The van der Waals surface area contributed by atoms with E-state index in [9.17, 15) is 19.5 Å². The van der Waals surface area contributed by atoms with Gasteiger partial charge in [-0.05, 0) is 37.7 Å². The van der Waals surface area contributed by atoms with Crippen LogP contribution in [0, 0.1) is 23.7 Å².